The Kier molecular flexibility index (Phi) is 5.74. The van der Waals surface area contributed by atoms with Crippen LogP contribution in [0.15, 0.2) is 40.3 Å². The second-order valence-corrected chi connectivity index (χ2v) is 7.58. The van der Waals surface area contributed by atoms with Crippen molar-refractivity contribution in [2.75, 3.05) is 7.11 Å². The van der Waals surface area contributed by atoms with Crippen molar-refractivity contribution < 1.29 is 13.2 Å². The molecule has 0 spiro atoms. The molecule has 0 fully saturated rings. The normalized spacial score (nSPS) is 11.7. The Labute approximate surface area is 151 Å². The SMILES string of the molecule is COc1c(Cl)cc(/C=N/NS(=O)(=O)c2ccc(C)cc2C)cc1Cl. The number of rotatable bonds is 5. The highest BCUT2D eigenvalue weighted by Crippen LogP contribution is 2.33. The molecule has 0 heterocycles. The maximum atomic E-state index is 12.3. The lowest BCUT2D eigenvalue weighted by molar-refractivity contribution is 0.415. The Morgan fingerprint density at radius 1 is 1.12 bits per heavy atom. The van der Waals surface area contributed by atoms with E-state index in [9.17, 15) is 8.42 Å². The van der Waals surface area contributed by atoms with Gasteiger partial charge in [0.15, 0.2) is 5.75 Å². The highest BCUT2D eigenvalue weighted by molar-refractivity contribution is 7.89. The van der Waals surface area contributed by atoms with E-state index in [0.717, 1.165) is 5.56 Å². The molecular formula is C16H16Cl2N2O3S. The zero-order valence-corrected chi connectivity index (χ0v) is 15.6. The molecule has 2 rings (SSSR count). The molecule has 0 unspecified atom stereocenters. The van der Waals surface area contributed by atoms with Crippen LogP contribution in [0.25, 0.3) is 0 Å². The molecule has 128 valence electrons. The Bertz CT molecular complexity index is 873. The molecule has 0 saturated heterocycles. The number of halogens is 2. The number of hydrogen-bond donors (Lipinski definition) is 1. The largest absolute Gasteiger partial charge is 0.494 e. The van der Waals surface area contributed by atoms with Crippen molar-refractivity contribution in [1.29, 1.82) is 0 Å². The van der Waals surface area contributed by atoms with E-state index in [2.05, 4.69) is 9.93 Å². The summed E-state index contributed by atoms with van der Waals surface area (Å²) in [5, 5.41) is 4.39. The predicted molar refractivity (Wildman–Crippen MR) is 96.8 cm³/mol. The molecule has 0 aliphatic carbocycles. The molecule has 0 bridgehead atoms. The monoisotopic (exact) mass is 386 g/mol. The lowest BCUT2D eigenvalue weighted by atomic mass is 10.2. The van der Waals surface area contributed by atoms with E-state index in [1.807, 2.05) is 6.92 Å². The van der Waals surface area contributed by atoms with Gasteiger partial charge in [-0.15, -0.1) is 0 Å². The van der Waals surface area contributed by atoms with Crippen LogP contribution >= 0.6 is 23.2 Å². The van der Waals surface area contributed by atoms with Gasteiger partial charge in [0.05, 0.1) is 28.3 Å². The van der Waals surface area contributed by atoms with Gasteiger partial charge in [-0.05, 0) is 43.2 Å². The third kappa shape index (κ3) is 4.20. The lowest BCUT2D eigenvalue weighted by Gasteiger charge is -2.08. The first-order chi connectivity index (χ1) is 11.2. The lowest BCUT2D eigenvalue weighted by Crippen LogP contribution is -2.19. The number of methoxy groups -OCH3 is 1. The fourth-order valence-electron chi connectivity index (χ4n) is 2.17. The van der Waals surface area contributed by atoms with Crippen LogP contribution in [0.1, 0.15) is 16.7 Å². The van der Waals surface area contributed by atoms with Gasteiger partial charge in [0.25, 0.3) is 10.0 Å². The van der Waals surface area contributed by atoms with Crippen LogP contribution in [-0.4, -0.2) is 21.7 Å². The summed E-state index contributed by atoms with van der Waals surface area (Å²) in [4.78, 5) is 2.35. The first-order valence-electron chi connectivity index (χ1n) is 6.90. The van der Waals surface area contributed by atoms with Gasteiger partial charge in [0.2, 0.25) is 0 Å². The standard InChI is InChI=1S/C16H16Cl2N2O3S/c1-10-4-5-15(11(2)6-10)24(21,22)20-19-9-12-7-13(17)16(23-3)14(18)8-12/h4-9,20H,1-3H3/b19-9+. The molecule has 0 aliphatic heterocycles. The van der Waals surface area contributed by atoms with Gasteiger partial charge in [-0.2, -0.15) is 13.5 Å². The van der Waals surface area contributed by atoms with E-state index in [1.165, 1.54) is 13.3 Å². The molecule has 24 heavy (non-hydrogen) atoms. The van der Waals surface area contributed by atoms with Crippen LogP contribution in [0, 0.1) is 13.8 Å². The molecule has 0 aliphatic rings. The van der Waals surface area contributed by atoms with E-state index in [1.54, 1.807) is 37.3 Å². The van der Waals surface area contributed by atoms with Crippen molar-refractivity contribution in [1.82, 2.24) is 4.83 Å². The van der Waals surface area contributed by atoms with Gasteiger partial charge >= 0.3 is 0 Å². The van der Waals surface area contributed by atoms with Crippen molar-refractivity contribution in [3.8, 4) is 5.75 Å². The van der Waals surface area contributed by atoms with Crippen molar-refractivity contribution in [2.24, 2.45) is 5.10 Å². The number of hydrogen-bond acceptors (Lipinski definition) is 4. The minimum absolute atomic E-state index is 0.177. The summed E-state index contributed by atoms with van der Waals surface area (Å²) in [6.45, 7) is 3.63. The first kappa shape index (κ1) is 18.6. The molecule has 0 amide bonds. The van der Waals surface area contributed by atoms with E-state index in [0.29, 0.717) is 26.9 Å². The number of ether oxygens (including phenoxy) is 1. The van der Waals surface area contributed by atoms with Crippen LogP contribution in [-0.2, 0) is 10.0 Å². The number of benzene rings is 2. The number of nitrogens with zero attached hydrogens (tertiary/aromatic N) is 1. The second-order valence-electron chi connectivity index (χ2n) is 5.14. The molecular weight excluding hydrogens is 371 g/mol. The summed E-state index contributed by atoms with van der Waals surface area (Å²) in [6.07, 6.45) is 1.32. The molecule has 5 nitrogen and oxygen atoms in total. The summed E-state index contributed by atoms with van der Waals surface area (Å²) in [7, 11) is -2.29. The number of aryl methyl sites for hydroxylation is 2. The van der Waals surface area contributed by atoms with Crippen molar-refractivity contribution >= 4 is 39.4 Å². The van der Waals surface area contributed by atoms with Crippen molar-refractivity contribution in [3.63, 3.8) is 0 Å². The smallest absolute Gasteiger partial charge is 0.276 e. The molecule has 0 atom stereocenters. The minimum atomic E-state index is -3.75. The van der Waals surface area contributed by atoms with Crippen molar-refractivity contribution in [2.45, 2.75) is 18.7 Å². The maximum absolute atomic E-state index is 12.3. The minimum Gasteiger partial charge on any atom is -0.494 e. The van der Waals surface area contributed by atoms with Crippen LogP contribution in [0.4, 0.5) is 0 Å². The molecule has 2 aromatic carbocycles. The molecule has 8 heteroatoms. The van der Waals surface area contributed by atoms with E-state index >= 15 is 0 Å². The van der Waals surface area contributed by atoms with Gasteiger partial charge < -0.3 is 4.74 Å². The quantitative estimate of drug-likeness (QED) is 0.624. The van der Waals surface area contributed by atoms with E-state index in [-0.39, 0.29) is 4.90 Å². The third-order valence-electron chi connectivity index (χ3n) is 3.23. The Balaban J connectivity index is 2.22. The third-order valence-corrected chi connectivity index (χ3v) is 5.18. The summed E-state index contributed by atoms with van der Waals surface area (Å²) < 4.78 is 29.6. The molecule has 2 aromatic rings. The number of nitrogens with one attached hydrogen (secondary N) is 1. The molecule has 0 radical (unpaired) electrons. The topological polar surface area (TPSA) is 67.8 Å². The Morgan fingerprint density at radius 2 is 1.75 bits per heavy atom. The van der Waals surface area contributed by atoms with Crippen LogP contribution in [0.5, 0.6) is 5.75 Å². The summed E-state index contributed by atoms with van der Waals surface area (Å²) in [6, 6.07) is 8.21. The molecule has 0 aromatic heterocycles. The molecule has 0 saturated carbocycles. The molecule has 1 N–H and O–H groups in total. The number of sulfonamides is 1. The van der Waals surface area contributed by atoms with Crippen LogP contribution in [0.2, 0.25) is 10.0 Å². The average Bonchev–Trinajstić information content (AvgIpc) is 2.46. The van der Waals surface area contributed by atoms with E-state index < -0.39 is 10.0 Å². The highest BCUT2D eigenvalue weighted by Gasteiger charge is 2.15. The first-order valence-corrected chi connectivity index (χ1v) is 9.13. The average molecular weight is 387 g/mol. The van der Waals surface area contributed by atoms with Gasteiger partial charge in [-0.25, -0.2) is 4.83 Å². The fourth-order valence-corrected chi connectivity index (χ4v) is 3.85. The second kappa shape index (κ2) is 7.42. The summed E-state index contributed by atoms with van der Waals surface area (Å²) in [5.41, 5.74) is 2.17. The highest BCUT2D eigenvalue weighted by atomic mass is 35.5. The van der Waals surface area contributed by atoms with E-state index in [4.69, 9.17) is 27.9 Å². The van der Waals surface area contributed by atoms with Crippen LogP contribution in [0.3, 0.4) is 0 Å². The Hall–Kier alpha value is -1.76. The maximum Gasteiger partial charge on any atom is 0.276 e. The number of hydrazone groups is 1. The summed E-state index contributed by atoms with van der Waals surface area (Å²) >= 11 is 12.1. The zero-order chi connectivity index (χ0) is 17.9. The zero-order valence-electron chi connectivity index (χ0n) is 13.3. The fraction of sp³-hybridized carbons (Fsp3) is 0.188. The summed E-state index contributed by atoms with van der Waals surface area (Å²) in [5.74, 6) is 0.353. The van der Waals surface area contributed by atoms with Gasteiger partial charge in [0, 0.05) is 0 Å². The Morgan fingerprint density at radius 3 is 2.29 bits per heavy atom. The van der Waals surface area contributed by atoms with Crippen molar-refractivity contribution in [3.05, 3.63) is 57.1 Å². The van der Waals surface area contributed by atoms with Crippen LogP contribution < -0.4 is 9.57 Å². The van der Waals surface area contributed by atoms with Gasteiger partial charge in [-0.1, -0.05) is 40.9 Å². The predicted octanol–water partition coefficient (Wildman–Crippen LogP) is 3.93. The van der Waals surface area contributed by atoms with Gasteiger partial charge in [-0.3, -0.25) is 0 Å². The van der Waals surface area contributed by atoms with Gasteiger partial charge in [0.1, 0.15) is 0 Å².